The summed E-state index contributed by atoms with van der Waals surface area (Å²) in [5, 5.41) is 3.27. The van der Waals surface area contributed by atoms with Crippen LogP contribution in [-0.4, -0.2) is 14.4 Å². The first-order valence-electron chi connectivity index (χ1n) is 6.05. The van der Waals surface area contributed by atoms with Gasteiger partial charge in [0.05, 0.1) is 12.2 Å². The standard InChI is InChI=1S/C13H15N5O/c1-8-3-4-10(19-8)9(2)16-12-13-15-5-6-18(13)7-11(14)17-12/h3-7,9H,14H2,1-2H3,(H,16,17). The molecule has 6 nitrogen and oxygen atoms in total. The second-order valence-electron chi connectivity index (χ2n) is 4.49. The lowest BCUT2D eigenvalue weighted by Gasteiger charge is -2.13. The minimum atomic E-state index is -0.0106. The molecule has 3 aromatic heterocycles. The molecular formula is C13H15N5O. The Labute approximate surface area is 110 Å². The van der Waals surface area contributed by atoms with Crippen LogP contribution >= 0.6 is 0 Å². The second-order valence-corrected chi connectivity index (χ2v) is 4.49. The lowest BCUT2D eigenvalue weighted by Crippen LogP contribution is -2.10. The molecule has 0 aliphatic carbocycles. The highest BCUT2D eigenvalue weighted by molar-refractivity contribution is 5.65. The third-order valence-corrected chi connectivity index (χ3v) is 2.93. The number of hydrogen-bond acceptors (Lipinski definition) is 5. The van der Waals surface area contributed by atoms with Crippen LogP contribution in [0.1, 0.15) is 24.5 Å². The van der Waals surface area contributed by atoms with Crippen LogP contribution in [0, 0.1) is 6.92 Å². The molecule has 98 valence electrons. The molecule has 1 unspecified atom stereocenters. The molecule has 3 heterocycles. The van der Waals surface area contributed by atoms with Crippen molar-refractivity contribution in [3.63, 3.8) is 0 Å². The highest BCUT2D eigenvalue weighted by Crippen LogP contribution is 2.23. The summed E-state index contributed by atoms with van der Waals surface area (Å²) >= 11 is 0. The van der Waals surface area contributed by atoms with E-state index in [0.717, 1.165) is 17.2 Å². The Morgan fingerprint density at radius 3 is 3.00 bits per heavy atom. The zero-order valence-corrected chi connectivity index (χ0v) is 10.8. The monoisotopic (exact) mass is 257 g/mol. The van der Waals surface area contributed by atoms with E-state index in [2.05, 4.69) is 15.3 Å². The summed E-state index contributed by atoms with van der Waals surface area (Å²) in [7, 11) is 0. The van der Waals surface area contributed by atoms with Gasteiger partial charge in [0.2, 0.25) is 0 Å². The molecule has 0 aliphatic heterocycles. The number of aryl methyl sites for hydroxylation is 1. The van der Waals surface area contributed by atoms with Crippen molar-refractivity contribution in [2.45, 2.75) is 19.9 Å². The van der Waals surface area contributed by atoms with Crippen LogP contribution in [-0.2, 0) is 0 Å². The Morgan fingerprint density at radius 1 is 1.42 bits per heavy atom. The van der Waals surface area contributed by atoms with E-state index < -0.39 is 0 Å². The average Bonchev–Trinajstić information content (AvgIpc) is 2.97. The van der Waals surface area contributed by atoms with E-state index in [1.807, 2.05) is 36.6 Å². The number of fused-ring (bicyclic) bond motifs is 1. The smallest absolute Gasteiger partial charge is 0.180 e. The summed E-state index contributed by atoms with van der Waals surface area (Å²) in [5.41, 5.74) is 6.52. The molecule has 0 aromatic carbocycles. The van der Waals surface area contributed by atoms with E-state index in [4.69, 9.17) is 10.2 Å². The maximum absolute atomic E-state index is 5.78. The number of nitrogens with zero attached hydrogens (tertiary/aromatic N) is 3. The molecular weight excluding hydrogens is 242 g/mol. The van der Waals surface area contributed by atoms with Gasteiger partial charge in [-0.05, 0) is 26.0 Å². The van der Waals surface area contributed by atoms with Crippen LogP contribution in [0.3, 0.4) is 0 Å². The van der Waals surface area contributed by atoms with Crippen LogP contribution in [0.4, 0.5) is 11.6 Å². The van der Waals surface area contributed by atoms with E-state index in [9.17, 15) is 0 Å². The molecule has 1 atom stereocenters. The molecule has 0 fully saturated rings. The minimum absolute atomic E-state index is 0.0106. The first-order valence-corrected chi connectivity index (χ1v) is 6.05. The molecule has 0 spiro atoms. The van der Waals surface area contributed by atoms with Crippen molar-refractivity contribution in [2.75, 3.05) is 11.1 Å². The number of nitrogens with two attached hydrogens (primary N) is 1. The van der Waals surface area contributed by atoms with Gasteiger partial charge in [-0.25, -0.2) is 9.97 Å². The van der Waals surface area contributed by atoms with Gasteiger partial charge in [0.15, 0.2) is 11.5 Å². The van der Waals surface area contributed by atoms with Crippen LogP contribution in [0.2, 0.25) is 0 Å². The van der Waals surface area contributed by atoms with Gasteiger partial charge in [-0.2, -0.15) is 0 Å². The molecule has 3 N–H and O–H groups in total. The summed E-state index contributed by atoms with van der Waals surface area (Å²) < 4.78 is 7.43. The summed E-state index contributed by atoms with van der Waals surface area (Å²) in [6.07, 6.45) is 5.28. The molecule has 0 saturated carbocycles. The van der Waals surface area contributed by atoms with Crippen molar-refractivity contribution < 1.29 is 4.42 Å². The van der Waals surface area contributed by atoms with Gasteiger partial charge in [0.25, 0.3) is 0 Å². The van der Waals surface area contributed by atoms with E-state index in [-0.39, 0.29) is 6.04 Å². The Balaban J connectivity index is 1.94. The van der Waals surface area contributed by atoms with Crippen LogP contribution in [0.15, 0.2) is 35.1 Å². The molecule has 0 aliphatic rings. The SMILES string of the molecule is Cc1ccc(C(C)Nc2nc(N)cn3ccnc23)o1. The fourth-order valence-electron chi connectivity index (χ4n) is 2.01. The minimum Gasteiger partial charge on any atom is -0.464 e. The molecule has 3 rings (SSSR count). The van der Waals surface area contributed by atoms with Gasteiger partial charge in [-0.1, -0.05) is 0 Å². The van der Waals surface area contributed by atoms with E-state index in [1.54, 1.807) is 12.4 Å². The number of furan rings is 1. The highest BCUT2D eigenvalue weighted by Gasteiger charge is 2.13. The maximum atomic E-state index is 5.78. The van der Waals surface area contributed by atoms with Crippen molar-refractivity contribution in [3.8, 4) is 0 Å². The van der Waals surface area contributed by atoms with E-state index in [0.29, 0.717) is 11.6 Å². The highest BCUT2D eigenvalue weighted by atomic mass is 16.3. The van der Waals surface area contributed by atoms with Crippen molar-refractivity contribution >= 4 is 17.3 Å². The lowest BCUT2D eigenvalue weighted by atomic mass is 10.2. The quantitative estimate of drug-likeness (QED) is 0.753. The number of nitrogen functional groups attached to an aromatic ring is 1. The van der Waals surface area contributed by atoms with Crippen LogP contribution in [0.5, 0.6) is 0 Å². The van der Waals surface area contributed by atoms with Gasteiger partial charge in [0.1, 0.15) is 17.3 Å². The van der Waals surface area contributed by atoms with Crippen molar-refractivity contribution in [1.82, 2.24) is 14.4 Å². The molecule has 3 aromatic rings. The predicted octanol–water partition coefficient (Wildman–Crippen LogP) is 2.39. The Kier molecular flexibility index (Phi) is 2.63. The predicted molar refractivity (Wildman–Crippen MR) is 72.9 cm³/mol. The van der Waals surface area contributed by atoms with Crippen molar-refractivity contribution in [2.24, 2.45) is 0 Å². The topological polar surface area (TPSA) is 81.4 Å². The molecule has 6 heteroatoms. The second kappa shape index (κ2) is 4.31. The number of aromatic nitrogens is 3. The van der Waals surface area contributed by atoms with Gasteiger partial charge in [-0.3, -0.25) is 0 Å². The van der Waals surface area contributed by atoms with Gasteiger partial charge in [-0.15, -0.1) is 0 Å². The zero-order valence-electron chi connectivity index (χ0n) is 10.8. The number of rotatable bonds is 3. The fourth-order valence-corrected chi connectivity index (χ4v) is 2.01. The van der Waals surface area contributed by atoms with Gasteiger partial charge in [0, 0.05) is 12.4 Å². The van der Waals surface area contributed by atoms with Gasteiger partial charge >= 0.3 is 0 Å². The Hall–Kier alpha value is -2.50. The summed E-state index contributed by atoms with van der Waals surface area (Å²) in [6.45, 7) is 3.92. The number of imidazole rings is 1. The fraction of sp³-hybridized carbons (Fsp3) is 0.231. The van der Waals surface area contributed by atoms with E-state index >= 15 is 0 Å². The van der Waals surface area contributed by atoms with Crippen molar-refractivity contribution in [1.29, 1.82) is 0 Å². The number of nitrogens with one attached hydrogen (secondary N) is 1. The summed E-state index contributed by atoms with van der Waals surface area (Å²) in [4.78, 5) is 8.55. The summed E-state index contributed by atoms with van der Waals surface area (Å²) in [5.74, 6) is 2.82. The van der Waals surface area contributed by atoms with Crippen molar-refractivity contribution in [3.05, 3.63) is 42.2 Å². The Bertz CT molecular complexity index is 715. The number of hydrogen-bond donors (Lipinski definition) is 2. The van der Waals surface area contributed by atoms with E-state index in [1.165, 1.54) is 0 Å². The van der Waals surface area contributed by atoms with Crippen LogP contribution < -0.4 is 11.1 Å². The first-order chi connectivity index (χ1) is 9.13. The summed E-state index contributed by atoms with van der Waals surface area (Å²) in [6, 6.07) is 3.87. The average molecular weight is 257 g/mol. The Morgan fingerprint density at radius 2 is 2.26 bits per heavy atom. The molecule has 0 bridgehead atoms. The largest absolute Gasteiger partial charge is 0.464 e. The van der Waals surface area contributed by atoms with Crippen LogP contribution in [0.25, 0.3) is 5.65 Å². The normalized spacial score (nSPS) is 12.7. The molecule has 19 heavy (non-hydrogen) atoms. The molecule has 0 amide bonds. The third kappa shape index (κ3) is 2.12. The molecule has 0 radical (unpaired) electrons. The zero-order chi connectivity index (χ0) is 13.4. The lowest BCUT2D eigenvalue weighted by molar-refractivity contribution is 0.466. The number of anilines is 2. The molecule has 0 saturated heterocycles. The first kappa shape index (κ1) is 11.6. The third-order valence-electron chi connectivity index (χ3n) is 2.93. The van der Waals surface area contributed by atoms with Gasteiger partial charge < -0.3 is 19.9 Å². The maximum Gasteiger partial charge on any atom is 0.180 e.